The number of hydrogen-bond donors (Lipinski definition) is 1. The quantitative estimate of drug-likeness (QED) is 0.831. The second-order valence-corrected chi connectivity index (χ2v) is 6.90. The third-order valence-corrected chi connectivity index (χ3v) is 5.40. The van der Waals surface area contributed by atoms with E-state index in [0.29, 0.717) is 6.10 Å². The molecule has 2 fully saturated rings. The number of nitrogens with two attached hydrogens (primary N) is 1. The molecule has 0 spiro atoms. The fourth-order valence-electron chi connectivity index (χ4n) is 4.00. The molecule has 20 heavy (non-hydrogen) atoms. The maximum atomic E-state index is 6.17. The van der Waals surface area contributed by atoms with Crippen LogP contribution in [-0.2, 0) is 4.74 Å². The van der Waals surface area contributed by atoms with E-state index < -0.39 is 0 Å². The topological polar surface area (TPSA) is 41.7 Å². The first-order valence-corrected chi connectivity index (χ1v) is 8.35. The van der Waals surface area contributed by atoms with Crippen LogP contribution in [0.1, 0.15) is 39.5 Å². The molecular formula is C16H33N3O. The average molecular weight is 283 g/mol. The van der Waals surface area contributed by atoms with Gasteiger partial charge in [0.05, 0.1) is 12.7 Å². The van der Waals surface area contributed by atoms with Gasteiger partial charge in [-0.15, -0.1) is 0 Å². The van der Waals surface area contributed by atoms with Gasteiger partial charge in [0.15, 0.2) is 0 Å². The van der Waals surface area contributed by atoms with Crippen molar-refractivity contribution < 1.29 is 4.74 Å². The van der Waals surface area contributed by atoms with Crippen molar-refractivity contribution in [3.05, 3.63) is 0 Å². The minimum absolute atomic E-state index is 0.204. The Bertz CT molecular complexity index is 299. The number of rotatable bonds is 5. The second-order valence-electron chi connectivity index (χ2n) is 6.90. The van der Waals surface area contributed by atoms with E-state index in [4.69, 9.17) is 10.5 Å². The van der Waals surface area contributed by atoms with Gasteiger partial charge in [0, 0.05) is 31.7 Å². The number of morpholine rings is 1. The molecule has 1 saturated carbocycles. The second kappa shape index (κ2) is 7.21. The van der Waals surface area contributed by atoms with E-state index in [2.05, 4.69) is 30.7 Å². The zero-order valence-electron chi connectivity index (χ0n) is 13.6. The van der Waals surface area contributed by atoms with Crippen LogP contribution in [0.5, 0.6) is 0 Å². The van der Waals surface area contributed by atoms with E-state index in [0.717, 1.165) is 45.2 Å². The predicted octanol–water partition coefficient (Wildman–Crippen LogP) is 1.55. The van der Waals surface area contributed by atoms with Crippen LogP contribution in [0, 0.1) is 5.92 Å². The van der Waals surface area contributed by atoms with Crippen LogP contribution in [-0.4, -0.2) is 67.8 Å². The summed E-state index contributed by atoms with van der Waals surface area (Å²) in [5.74, 6) is 0.800. The Morgan fingerprint density at radius 1 is 1.45 bits per heavy atom. The minimum Gasteiger partial charge on any atom is -0.374 e. The Morgan fingerprint density at radius 2 is 2.25 bits per heavy atom. The number of hydrogen-bond acceptors (Lipinski definition) is 4. The van der Waals surface area contributed by atoms with Crippen LogP contribution < -0.4 is 5.73 Å². The molecule has 4 nitrogen and oxygen atoms in total. The number of nitrogens with zero attached hydrogens (tertiary/aromatic N) is 2. The fourth-order valence-corrected chi connectivity index (χ4v) is 4.00. The van der Waals surface area contributed by atoms with Crippen molar-refractivity contribution in [3.8, 4) is 0 Å². The summed E-state index contributed by atoms with van der Waals surface area (Å²) >= 11 is 0. The molecular weight excluding hydrogens is 250 g/mol. The lowest BCUT2D eigenvalue weighted by molar-refractivity contribution is -0.0595. The molecule has 4 heteroatoms. The van der Waals surface area contributed by atoms with Crippen molar-refractivity contribution in [2.45, 2.75) is 51.2 Å². The van der Waals surface area contributed by atoms with Crippen LogP contribution in [0.3, 0.4) is 0 Å². The van der Waals surface area contributed by atoms with Crippen molar-refractivity contribution in [2.75, 3.05) is 46.4 Å². The van der Waals surface area contributed by atoms with Crippen molar-refractivity contribution in [1.29, 1.82) is 0 Å². The molecule has 1 aliphatic carbocycles. The smallest absolute Gasteiger partial charge is 0.0829 e. The highest BCUT2D eigenvalue weighted by atomic mass is 16.5. The lowest BCUT2D eigenvalue weighted by Gasteiger charge is -2.47. The lowest BCUT2D eigenvalue weighted by Crippen LogP contribution is -2.58. The third-order valence-electron chi connectivity index (χ3n) is 5.40. The van der Waals surface area contributed by atoms with E-state index in [9.17, 15) is 0 Å². The zero-order valence-corrected chi connectivity index (χ0v) is 13.6. The van der Waals surface area contributed by atoms with Crippen molar-refractivity contribution in [2.24, 2.45) is 11.7 Å². The Labute approximate surface area is 124 Å². The van der Waals surface area contributed by atoms with E-state index in [1.54, 1.807) is 0 Å². The molecule has 0 amide bonds. The molecule has 3 unspecified atom stereocenters. The standard InChI is InChI=1S/C16H33N3O/c1-4-19-8-9-20-15(12-19)11-18(3)16(13-17)7-5-6-14(2)10-16/h14-15H,4-13,17H2,1-3H3. The first-order valence-electron chi connectivity index (χ1n) is 8.35. The van der Waals surface area contributed by atoms with E-state index in [1.807, 2.05) is 0 Å². The van der Waals surface area contributed by atoms with E-state index in [1.165, 1.54) is 25.7 Å². The monoisotopic (exact) mass is 283 g/mol. The molecule has 2 aliphatic rings. The largest absolute Gasteiger partial charge is 0.374 e. The van der Waals surface area contributed by atoms with Gasteiger partial charge in [0.25, 0.3) is 0 Å². The molecule has 2 rings (SSSR count). The molecule has 1 heterocycles. The maximum absolute atomic E-state index is 6.17. The summed E-state index contributed by atoms with van der Waals surface area (Å²) < 4.78 is 5.96. The van der Waals surface area contributed by atoms with Gasteiger partial charge in [0.1, 0.15) is 0 Å². The normalized spacial score (nSPS) is 36.5. The third kappa shape index (κ3) is 3.73. The summed E-state index contributed by atoms with van der Waals surface area (Å²) in [6.07, 6.45) is 5.50. The Morgan fingerprint density at radius 3 is 2.90 bits per heavy atom. The molecule has 0 aromatic rings. The van der Waals surface area contributed by atoms with Gasteiger partial charge in [-0.05, 0) is 32.4 Å². The lowest BCUT2D eigenvalue weighted by atomic mass is 9.75. The average Bonchev–Trinajstić information content (AvgIpc) is 2.47. The Kier molecular flexibility index (Phi) is 5.84. The maximum Gasteiger partial charge on any atom is 0.0829 e. The first kappa shape index (κ1) is 16.2. The number of ether oxygens (including phenoxy) is 1. The van der Waals surface area contributed by atoms with Gasteiger partial charge in [-0.3, -0.25) is 9.80 Å². The summed E-state index contributed by atoms with van der Waals surface area (Å²) in [4.78, 5) is 4.99. The van der Waals surface area contributed by atoms with Crippen LogP contribution >= 0.6 is 0 Å². The molecule has 0 aromatic heterocycles. The van der Waals surface area contributed by atoms with Gasteiger partial charge in [-0.1, -0.05) is 26.7 Å². The molecule has 0 bridgehead atoms. The number of likely N-dealkylation sites (N-methyl/N-ethyl adjacent to an activating group) is 2. The van der Waals surface area contributed by atoms with Gasteiger partial charge in [0.2, 0.25) is 0 Å². The summed E-state index contributed by atoms with van der Waals surface area (Å²) in [6.45, 7) is 10.5. The SMILES string of the molecule is CCN1CCOC(CN(C)C2(CN)CCCC(C)C2)C1. The Balaban J connectivity index is 1.93. The first-order chi connectivity index (χ1) is 9.59. The van der Waals surface area contributed by atoms with Crippen LogP contribution in [0.25, 0.3) is 0 Å². The molecule has 2 N–H and O–H groups in total. The zero-order chi connectivity index (χ0) is 14.6. The Hall–Kier alpha value is -0.160. The van der Waals surface area contributed by atoms with E-state index >= 15 is 0 Å². The highest BCUT2D eigenvalue weighted by Gasteiger charge is 2.38. The molecule has 0 aromatic carbocycles. The van der Waals surface area contributed by atoms with Crippen molar-refractivity contribution >= 4 is 0 Å². The minimum atomic E-state index is 0.204. The molecule has 3 atom stereocenters. The summed E-state index contributed by atoms with van der Waals surface area (Å²) in [5, 5.41) is 0. The van der Waals surface area contributed by atoms with Gasteiger partial charge >= 0.3 is 0 Å². The van der Waals surface area contributed by atoms with Crippen LogP contribution in [0.2, 0.25) is 0 Å². The highest BCUT2D eigenvalue weighted by Crippen LogP contribution is 2.35. The summed E-state index contributed by atoms with van der Waals surface area (Å²) in [7, 11) is 2.25. The fraction of sp³-hybridized carbons (Fsp3) is 1.00. The van der Waals surface area contributed by atoms with Crippen LogP contribution in [0.15, 0.2) is 0 Å². The molecule has 1 saturated heterocycles. The van der Waals surface area contributed by atoms with E-state index in [-0.39, 0.29) is 5.54 Å². The van der Waals surface area contributed by atoms with Crippen LogP contribution in [0.4, 0.5) is 0 Å². The van der Waals surface area contributed by atoms with Gasteiger partial charge in [-0.2, -0.15) is 0 Å². The van der Waals surface area contributed by atoms with Gasteiger partial charge in [-0.25, -0.2) is 0 Å². The van der Waals surface area contributed by atoms with Crippen molar-refractivity contribution in [3.63, 3.8) is 0 Å². The predicted molar refractivity (Wildman–Crippen MR) is 83.9 cm³/mol. The van der Waals surface area contributed by atoms with Crippen molar-refractivity contribution in [1.82, 2.24) is 9.80 Å². The summed E-state index contributed by atoms with van der Waals surface area (Å²) in [6, 6.07) is 0. The highest BCUT2D eigenvalue weighted by molar-refractivity contribution is 4.95. The molecule has 0 radical (unpaired) electrons. The van der Waals surface area contributed by atoms with Gasteiger partial charge < -0.3 is 10.5 Å². The summed E-state index contributed by atoms with van der Waals surface area (Å²) in [5.41, 5.74) is 6.37. The molecule has 118 valence electrons. The molecule has 1 aliphatic heterocycles.